The standard InChI is InChI=1S/C22H18N4/c1-25-13-17(15-7-3-5-9-21(15)25)19-11-24-20(12-23-19)18-14-26(2)22-10-6-4-8-16(18)22/h3-14H,1-2H3. The summed E-state index contributed by atoms with van der Waals surface area (Å²) in [5.74, 6) is 0. The van der Waals surface area contributed by atoms with Crippen LogP contribution >= 0.6 is 0 Å². The van der Waals surface area contributed by atoms with Gasteiger partial charge in [0.1, 0.15) is 0 Å². The number of fused-ring (bicyclic) bond motifs is 2. The molecule has 5 aromatic rings. The lowest BCUT2D eigenvalue weighted by Crippen LogP contribution is -1.88. The van der Waals surface area contributed by atoms with Crippen LogP contribution < -0.4 is 0 Å². The monoisotopic (exact) mass is 338 g/mol. The second kappa shape index (κ2) is 5.56. The summed E-state index contributed by atoms with van der Waals surface area (Å²) in [6, 6.07) is 16.7. The number of benzene rings is 2. The lowest BCUT2D eigenvalue weighted by Gasteiger charge is -2.02. The zero-order valence-corrected chi connectivity index (χ0v) is 14.7. The lowest BCUT2D eigenvalue weighted by atomic mass is 10.1. The third kappa shape index (κ3) is 2.15. The van der Waals surface area contributed by atoms with Gasteiger partial charge in [-0.1, -0.05) is 36.4 Å². The lowest BCUT2D eigenvalue weighted by molar-refractivity contribution is 0.968. The van der Waals surface area contributed by atoms with Crippen molar-refractivity contribution in [1.82, 2.24) is 19.1 Å². The molecule has 0 N–H and O–H groups in total. The highest BCUT2D eigenvalue weighted by Crippen LogP contribution is 2.31. The molecule has 0 spiro atoms. The highest BCUT2D eigenvalue weighted by molar-refractivity contribution is 5.96. The molecule has 4 heteroatoms. The number of aromatic nitrogens is 4. The Balaban J connectivity index is 1.63. The quantitative estimate of drug-likeness (QED) is 0.464. The number of hydrogen-bond donors (Lipinski definition) is 0. The van der Waals surface area contributed by atoms with Crippen LogP contribution in [0.25, 0.3) is 44.3 Å². The van der Waals surface area contributed by atoms with Crippen molar-refractivity contribution in [2.45, 2.75) is 0 Å². The zero-order chi connectivity index (χ0) is 17.7. The molecule has 5 rings (SSSR count). The predicted molar refractivity (Wildman–Crippen MR) is 106 cm³/mol. The SMILES string of the molecule is Cn1cc(-c2cnc(-c3cn(C)c4ccccc34)cn2)c2ccccc21. The minimum absolute atomic E-state index is 0.894. The largest absolute Gasteiger partial charge is 0.350 e. The van der Waals surface area contributed by atoms with Crippen LogP contribution in [-0.4, -0.2) is 19.1 Å². The summed E-state index contributed by atoms with van der Waals surface area (Å²) in [7, 11) is 4.12. The molecule has 0 aliphatic carbocycles. The first-order valence-corrected chi connectivity index (χ1v) is 8.63. The fourth-order valence-corrected chi connectivity index (χ4v) is 3.70. The highest BCUT2D eigenvalue weighted by atomic mass is 14.9. The minimum Gasteiger partial charge on any atom is -0.350 e. The van der Waals surface area contributed by atoms with Crippen LogP contribution in [0.3, 0.4) is 0 Å². The van der Waals surface area contributed by atoms with E-state index in [1.54, 1.807) is 0 Å². The third-order valence-corrected chi connectivity index (χ3v) is 5.00. The van der Waals surface area contributed by atoms with Crippen LogP contribution in [0.1, 0.15) is 0 Å². The van der Waals surface area contributed by atoms with Crippen molar-refractivity contribution < 1.29 is 0 Å². The molecule has 0 aliphatic rings. The molecule has 0 unspecified atom stereocenters. The first-order valence-electron chi connectivity index (χ1n) is 8.63. The van der Waals surface area contributed by atoms with Crippen molar-refractivity contribution in [3.63, 3.8) is 0 Å². The Kier molecular flexibility index (Phi) is 3.19. The molecule has 2 aromatic carbocycles. The van der Waals surface area contributed by atoms with Gasteiger partial charge < -0.3 is 9.13 Å². The van der Waals surface area contributed by atoms with Gasteiger partial charge in [0.15, 0.2) is 0 Å². The van der Waals surface area contributed by atoms with E-state index in [4.69, 9.17) is 9.97 Å². The Morgan fingerprint density at radius 1 is 0.615 bits per heavy atom. The van der Waals surface area contributed by atoms with Crippen molar-refractivity contribution in [3.05, 3.63) is 73.3 Å². The molecular formula is C22H18N4. The maximum atomic E-state index is 4.72. The van der Waals surface area contributed by atoms with Gasteiger partial charge in [-0.3, -0.25) is 9.97 Å². The second-order valence-electron chi connectivity index (χ2n) is 6.63. The average Bonchev–Trinajstić information content (AvgIpc) is 3.20. The smallest absolute Gasteiger partial charge is 0.0907 e. The van der Waals surface area contributed by atoms with Crippen molar-refractivity contribution >= 4 is 21.8 Å². The van der Waals surface area contributed by atoms with Gasteiger partial charge in [-0.15, -0.1) is 0 Å². The zero-order valence-electron chi connectivity index (χ0n) is 14.7. The minimum atomic E-state index is 0.894. The van der Waals surface area contributed by atoms with Crippen LogP contribution in [0.2, 0.25) is 0 Å². The van der Waals surface area contributed by atoms with Gasteiger partial charge in [-0.05, 0) is 12.1 Å². The van der Waals surface area contributed by atoms with Gasteiger partial charge >= 0.3 is 0 Å². The van der Waals surface area contributed by atoms with E-state index in [1.165, 1.54) is 21.8 Å². The van der Waals surface area contributed by atoms with E-state index in [0.29, 0.717) is 0 Å². The van der Waals surface area contributed by atoms with E-state index in [0.717, 1.165) is 22.5 Å². The fourth-order valence-electron chi connectivity index (χ4n) is 3.70. The number of rotatable bonds is 2. The maximum Gasteiger partial charge on any atom is 0.0907 e. The van der Waals surface area contributed by atoms with Gasteiger partial charge in [0, 0.05) is 59.4 Å². The summed E-state index contributed by atoms with van der Waals surface area (Å²) in [5.41, 5.74) is 6.40. The number of para-hydroxylation sites is 2. The summed E-state index contributed by atoms with van der Waals surface area (Å²) in [4.78, 5) is 9.44. The molecule has 3 aromatic heterocycles. The molecule has 0 atom stereocenters. The molecule has 0 saturated carbocycles. The molecule has 0 saturated heterocycles. The molecule has 0 bridgehead atoms. The predicted octanol–water partition coefficient (Wildman–Crippen LogP) is 4.79. The summed E-state index contributed by atoms with van der Waals surface area (Å²) in [6.07, 6.45) is 7.98. The van der Waals surface area contributed by atoms with E-state index in [2.05, 4.69) is 84.2 Å². The van der Waals surface area contributed by atoms with Gasteiger partial charge in [-0.25, -0.2) is 0 Å². The molecule has 3 heterocycles. The highest BCUT2D eigenvalue weighted by Gasteiger charge is 2.12. The molecule has 4 nitrogen and oxygen atoms in total. The van der Waals surface area contributed by atoms with Gasteiger partial charge in [-0.2, -0.15) is 0 Å². The van der Waals surface area contributed by atoms with Gasteiger partial charge in [0.25, 0.3) is 0 Å². The average molecular weight is 338 g/mol. The summed E-state index contributed by atoms with van der Waals surface area (Å²) in [5, 5.41) is 2.39. The Bertz CT molecular complexity index is 1140. The molecule has 26 heavy (non-hydrogen) atoms. The second-order valence-corrected chi connectivity index (χ2v) is 6.63. The van der Waals surface area contributed by atoms with E-state index >= 15 is 0 Å². The van der Waals surface area contributed by atoms with E-state index in [-0.39, 0.29) is 0 Å². The first-order chi connectivity index (χ1) is 12.7. The topological polar surface area (TPSA) is 35.6 Å². The molecule has 0 aliphatic heterocycles. The molecule has 0 fully saturated rings. The fraction of sp³-hybridized carbons (Fsp3) is 0.0909. The molecule has 0 radical (unpaired) electrons. The molecular weight excluding hydrogens is 320 g/mol. The van der Waals surface area contributed by atoms with Crippen LogP contribution in [0.15, 0.2) is 73.3 Å². The van der Waals surface area contributed by atoms with Gasteiger partial charge in [0.05, 0.1) is 23.8 Å². The molecule has 126 valence electrons. The molecule has 0 amide bonds. The van der Waals surface area contributed by atoms with Gasteiger partial charge in [0.2, 0.25) is 0 Å². The Morgan fingerprint density at radius 3 is 1.46 bits per heavy atom. The van der Waals surface area contributed by atoms with Crippen LogP contribution in [0.5, 0.6) is 0 Å². The van der Waals surface area contributed by atoms with Crippen molar-refractivity contribution in [2.24, 2.45) is 14.1 Å². The Morgan fingerprint density at radius 2 is 1.04 bits per heavy atom. The number of nitrogens with zero attached hydrogens (tertiary/aromatic N) is 4. The Labute approximate surface area is 151 Å². The number of hydrogen-bond acceptors (Lipinski definition) is 2. The van der Waals surface area contributed by atoms with Crippen LogP contribution in [-0.2, 0) is 14.1 Å². The normalized spacial score (nSPS) is 11.5. The van der Waals surface area contributed by atoms with Crippen LogP contribution in [0, 0.1) is 0 Å². The van der Waals surface area contributed by atoms with Crippen molar-refractivity contribution in [2.75, 3.05) is 0 Å². The summed E-state index contributed by atoms with van der Waals surface area (Å²) >= 11 is 0. The first kappa shape index (κ1) is 14.9. The maximum absolute atomic E-state index is 4.72. The van der Waals surface area contributed by atoms with Crippen LogP contribution in [0.4, 0.5) is 0 Å². The van der Waals surface area contributed by atoms with E-state index in [9.17, 15) is 0 Å². The Hall–Kier alpha value is -3.40. The van der Waals surface area contributed by atoms with Crippen molar-refractivity contribution in [1.29, 1.82) is 0 Å². The third-order valence-electron chi connectivity index (χ3n) is 5.00. The number of aryl methyl sites for hydroxylation is 2. The van der Waals surface area contributed by atoms with Crippen molar-refractivity contribution in [3.8, 4) is 22.5 Å². The van der Waals surface area contributed by atoms with E-state index < -0.39 is 0 Å². The summed E-state index contributed by atoms with van der Waals surface area (Å²) < 4.78 is 4.26. The summed E-state index contributed by atoms with van der Waals surface area (Å²) in [6.45, 7) is 0. The van der Waals surface area contributed by atoms with E-state index in [1.807, 2.05) is 12.4 Å².